The number of amides is 1. The molecule has 1 aliphatic rings. The van der Waals surface area contributed by atoms with E-state index in [-0.39, 0.29) is 48.1 Å². The third-order valence-corrected chi connectivity index (χ3v) is 3.50. The number of ether oxygens (including phenoxy) is 1. The van der Waals surface area contributed by atoms with Crippen molar-refractivity contribution in [3.63, 3.8) is 0 Å². The molecule has 0 aliphatic carbocycles. The number of rotatable bonds is 6. The smallest absolute Gasteiger partial charge is 0.239 e. The van der Waals surface area contributed by atoms with Gasteiger partial charge >= 0.3 is 0 Å². The van der Waals surface area contributed by atoms with Crippen LogP contribution in [0.25, 0.3) is 0 Å². The second-order valence-electron chi connectivity index (χ2n) is 7.75. The van der Waals surface area contributed by atoms with Crippen LogP contribution < -0.4 is 16.0 Å². The minimum atomic E-state index is -0.231. The standard InChI is InChI=1S/C17H35N5O2.HI/c1-13(2)11-22-7-8-24-14(12-22)9-19-16(18-6)20-10-15(23)21-17(3,4)5;/h13-14H,7-12H2,1-6H3,(H,21,23)(H2,18,19,20);1H. The van der Waals surface area contributed by atoms with E-state index in [2.05, 4.69) is 39.7 Å². The molecule has 1 rings (SSSR count). The van der Waals surface area contributed by atoms with Gasteiger partial charge in [0.15, 0.2) is 5.96 Å². The molecule has 0 aromatic heterocycles. The third kappa shape index (κ3) is 11.6. The fourth-order valence-electron chi connectivity index (χ4n) is 2.64. The maximum absolute atomic E-state index is 11.8. The van der Waals surface area contributed by atoms with Crippen LogP contribution >= 0.6 is 24.0 Å². The van der Waals surface area contributed by atoms with E-state index < -0.39 is 0 Å². The summed E-state index contributed by atoms with van der Waals surface area (Å²) in [6.07, 6.45) is 0.138. The minimum absolute atomic E-state index is 0. The van der Waals surface area contributed by atoms with E-state index in [4.69, 9.17) is 4.74 Å². The Morgan fingerprint density at radius 3 is 2.56 bits per heavy atom. The average Bonchev–Trinajstić information content (AvgIpc) is 2.45. The summed E-state index contributed by atoms with van der Waals surface area (Å²) < 4.78 is 5.81. The monoisotopic (exact) mass is 469 g/mol. The highest BCUT2D eigenvalue weighted by Gasteiger charge is 2.21. The highest BCUT2D eigenvalue weighted by molar-refractivity contribution is 14.0. The van der Waals surface area contributed by atoms with Gasteiger partial charge in [-0.1, -0.05) is 13.8 Å². The third-order valence-electron chi connectivity index (χ3n) is 3.50. The number of hydrogen-bond donors (Lipinski definition) is 3. The van der Waals surface area contributed by atoms with E-state index in [9.17, 15) is 4.79 Å². The Labute approximate surface area is 169 Å². The molecule has 0 saturated carbocycles. The number of hydrogen-bond acceptors (Lipinski definition) is 4. The lowest BCUT2D eigenvalue weighted by Gasteiger charge is -2.34. The Hall–Kier alpha value is -0.610. The van der Waals surface area contributed by atoms with Crippen molar-refractivity contribution in [1.29, 1.82) is 0 Å². The Morgan fingerprint density at radius 1 is 1.32 bits per heavy atom. The molecule has 7 nitrogen and oxygen atoms in total. The van der Waals surface area contributed by atoms with Crippen molar-refractivity contribution in [2.45, 2.75) is 46.3 Å². The number of morpholine rings is 1. The van der Waals surface area contributed by atoms with Gasteiger partial charge in [0.25, 0.3) is 0 Å². The normalized spacial score (nSPS) is 19.3. The molecule has 1 saturated heterocycles. The van der Waals surface area contributed by atoms with Gasteiger partial charge in [0, 0.05) is 38.8 Å². The molecule has 0 aromatic rings. The summed E-state index contributed by atoms with van der Waals surface area (Å²) >= 11 is 0. The Balaban J connectivity index is 0.00000576. The SMILES string of the molecule is CN=C(NCC(=O)NC(C)(C)C)NCC1CN(CC(C)C)CCO1.I. The zero-order valence-electron chi connectivity index (χ0n) is 16.5. The van der Waals surface area contributed by atoms with E-state index >= 15 is 0 Å². The van der Waals surface area contributed by atoms with E-state index in [1.807, 2.05) is 20.8 Å². The number of nitrogens with one attached hydrogen (secondary N) is 3. The summed E-state index contributed by atoms with van der Waals surface area (Å²) in [7, 11) is 1.70. The van der Waals surface area contributed by atoms with Crippen molar-refractivity contribution in [2.24, 2.45) is 10.9 Å². The van der Waals surface area contributed by atoms with E-state index in [1.165, 1.54) is 0 Å². The summed E-state index contributed by atoms with van der Waals surface area (Å²) in [4.78, 5) is 18.4. The summed E-state index contributed by atoms with van der Waals surface area (Å²) in [5, 5.41) is 9.18. The van der Waals surface area contributed by atoms with Crippen LogP contribution in [0.3, 0.4) is 0 Å². The highest BCUT2D eigenvalue weighted by Crippen LogP contribution is 2.07. The predicted molar refractivity (Wildman–Crippen MR) is 114 cm³/mol. The van der Waals surface area contributed by atoms with Crippen molar-refractivity contribution >= 4 is 35.8 Å². The van der Waals surface area contributed by atoms with Crippen molar-refractivity contribution < 1.29 is 9.53 Å². The van der Waals surface area contributed by atoms with Crippen LogP contribution in [0.15, 0.2) is 4.99 Å². The van der Waals surface area contributed by atoms with Crippen LogP contribution in [-0.4, -0.2) is 74.8 Å². The van der Waals surface area contributed by atoms with Gasteiger partial charge in [-0.25, -0.2) is 0 Å². The number of guanidine groups is 1. The summed E-state index contributed by atoms with van der Waals surface area (Å²) in [5.74, 6) is 1.22. The molecule has 0 aromatic carbocycles. The Morgan fingerprint density at radius 2 is 2.00 bits per heavy atom. The lowest BCUT2D eigenvalue weighted by atomic mass is 10.1. The molecule has 0 bridgehead atoms. The average molecular weight is 469 g/mol. The van der Waals surface area contributed by atoms with Gasteiger partial charge in [-0.3, -0.25) is 14.7 Å². The molecule has 1 fully saturated rings. The van der Waals surface area contributed by atoms with Crippen molar-refractivity contribution in [3.05, 3.63) is 0 Å². The Kier molecular flexibility index (Phi) is 11.6. The molecule has 1 amide bonds. The van der Waals surface area contributed by atoms with Gasteiger partial charge in [-0.05, 0) is 26.7 Å². The molecular formula is C17H36IN5O2. The molecule has 1 heterocycles. The van der Waals surface area contributed by atoms with E-state index in [0.717, 1.165) is 26.2 Å². The van der Waals surface area contributed by atoms with Crippen LogP contribution in [0.1, 0.15) is 34.6 Å². The highest BCUT2D eigenvalue weighted by atomic mass is 127. The van der Waals surface area contributed by atoms with E-state index in [1.54, 1.807) is 7.05 Å². The quantitative estimate of drug-likeness (QED) is 0.308. The van der Waals surface area contributed by atoms with E-state index in [0.29, 0.717) is 18.4 Å². The number of aliphatic imine (C=N–C) groups is 1. The lowest BCUT2D eigenvalue weighted by molar-refractivity contribution is -0.121. The van der Waals surface area contributed by atoms with Crippen LogP contribution in [0.5, 0.6) is 0 Å². The van der Waals surface area contributed by atoms with Crippen LogP contribution in [-0.2, 0) is 9.53 Å². The van der Waals surface area contributed by atoms with Crippen molar-refractivity contribution in [2.75, 3.05) is 46.4 Å². The number of carbonyl (C=O) groups is 1. The molecule has 148 valence electrons. The number of halogens is 1. The lowest BCUT2D eigenvalue weighted by Crippen LogP contribution is -2.51. The largest absolute Gasteiger partial charge is 0.374 e. The first-order chi connectivity index (χ1) is 11.2. The van der Waals surface area contributed by atoms with Gasteiger partial charge in [0.2, 0.25) is 5.91 Å². The van der Waals surface area contributed by atoms with Crippen molar-refractivity contribution in [1.82, 2.24) is 20.9 Å². The summed E-state index contributed by atoms with van der Waals surface area (Å²) in [6.45, 7) is 15.0. The van der Waals surface area contributed by atoms with Gasteiger partial charge in [0.05, 0.1) is 19.3 Å². The molecule has 0 spiro atoms. The van der Waals surface area contributed by atoms with Gasteiger partial charge in [-0.15, -0.1) is 24.0 Å². The molecule has 25 heavy (non-hydrogen) atoms. The van der Waals surface area contributed by atoms with Crippen LogP contribution in [0, 0.1) is 5.92 Å². The number of nitrogens with zero attached hydrogens (tertiary/aromatic N) is 2. The first-order valence-corrected chi connectivity index (χ1v) is 8.79. The first-order valence-electron chi connectivity index (χ1n) is 8.79. The second kappa shape index (κ2) is 11.9. The molecule has 1 atom stereocenters. The molecule has 1 unspecified atom stereocenters. The Bertz CT molecular complexity index is 424. The molecular weight excluding hydrogens is 433 g/mol. The maximum atomic E-state index is 11.8. The fourth-order valence-corrected chi connectivity index (χ4v) is 2.64. The topological polar surface area (TPSA) is 78.0 Å². The van der Waals surface area contributed by atoms with Crippen molar-refractivity contribution in [3.8, 4) is 0 Å². The first kappa shape index (κ1) is 24.4. The van der Waals surface area contributed by atoms with Crippen LogP contribution in [0.4, 0.5) is 0 Å². The summed E-state index contributed by atoms with van der Waals surface area (Å²) in [5.41, 5.74) is -0.231. The predicted octanol–water partition coefficient (Wildman–Crippen LogP) is 1.04. The zero-order valence-corrected chi connectivity index (χ0v) is 18.8. The van der Waals surface area contributed by atoms with Gasteiger partial charge in [0.1, 0.15) is 0 Å². The minimum Gasteiger partial charge on any atom is -0.374 e. The molecule has 8 heteroatoms. The summed E-state index contributed by atoms with van der Waals surface area (Å²) in [6, 6.07) is 0. The van der Waals surface area contributed by atoms with Gasteiger partial charge < -0.3 is 20.7 Å². The second-order valence-corrected chi connectivity index (χ2v) is 7.75. The molecule has 3 N–H and O–H groups in total. The zero-order chi connectivity index (χ0) is 18.2. The fraction of sp³-hybridized carbons (Fsp3) is 0.882. The molecule has 1 aliphatic heterocycles. The van der Waals surface area contributed by atoms with Gasteiger partial charge in [-0.2, -0.15) is 0 Å². The number of carbonyl (C=O) groups excluding carboxylic acids is 1. The maximum Gasteiger partial charge on any atom is 0.239 e. The van der Waals surface area contributed by atoms with Crippen LogP contribution in [0.2, 0.25) is 0 Å². The molecule has 0 radical (unpaired) electrons.